The molecule has 0 aliphatic carbocycles. The smallest absolute Gasteiger partial charge is 0.313 e. The predicted octanol–water partition coefficient (Wildman–Crippen LogP) is 6.74. The van der Waals surface area contributed by atoms with Crippen molar-refractivity contribution >= 4 is 5.97 Å². The molecule has 8 nitrogen and oxygen atoms in total. The van der Waals surface area contributed by atoms with Crippen molar-refractivity contribution in [2.45, 2.75) is 58.3 Å². The van der Waals surface area contributed by atoms with E-state index in [1.807, 2.05) is 12.1 Å². The fourth-order valence-electron chi connectivity index (χ4n) is 4.06. The van der Waals surface area contributed by atoms with Gasteiger partial charge in [0.2, 0.25) is 34.8 Å². The number of halogens is 5. The summed E-state index contributed by atoms with van der Waals surface area (Å²) in [6.07, 6.45) is 8.39. The summed E-state index contributed by atoms with van der Waals surface area (Å²) >= 11 is 0. The molecule has 0 saturated heterocycles. The summed E-state index contributed by atoms with van der Waals surface area (Å²) in [4.78, 5) is 11.6. The van der Waals surface area contributed by atoms with Crippen LogP contribution in [0.25, 0.3) is 0 Å². The Hall–Kier alpha value is -2.84. The topological polar surface area (TPSA) is 81.7 Å². The Labute approximate surface area is 267 Å². The highest BCUT2D eigenvalue weighted by Gasteiger charge is 2.28. The van der Waals surface area contributed by atoms with E-state index in [1.54, 1.807) is 0 Å². The SMILES string of the molecule is CCCCCCCCc1ccc(OCCOCCOCCOCCOCCOCCC(=O)Oc2c(F)c(F)c(F)c(F)c2F)cc1. The summed E-state index contributed by atoms with van der Waals surface area (Å²) in [6.45, 7) is 5.47. The standard InChI is InChI=1S/C33H45F5O8/c1-2-3-4-5-6-7-8-25-9-11-26(12-10-25)45-24-23-44-22-21-43-20-19-42-18-17-41-16-15-40-14-13-27(39)46-33-31(37)29(35)28(34)30(36)32(33)38/h9-12H,2-8,13-24H2,1H3. The molecule has 0 amide bonds. The molecule has 46 heavy (non-hydrogen) atoms. The first-order valence-corrected chi connectivity index (χ1v) is 15.7. The molecule has 2 aromatic carbocycles. The van der Waals surface area contributed by atoms with Gasteiger partial charge in [0, 0.05) is 0 Å². The molecule has 0 unspecified atom stereocenters. The van der Waals surface area contributed by atoms with Gasteiger partial charge < -0.3 is 33.2 Å². The lowest BCUT2D eigenvalue weighted by atomic mass is 10.0. The first kappa shape index (κ1) is 39.3. The molecule has 0 saturated carbocycles. The number of hydrogen-bond acceptors (Lipinski definition) is 8. The second-order valence-corrected chi connectivity index (χ2v) is 10.2. The largest absolute Gasteiger partial charge is 0.491 e. The van der Waals surface area contributed by atoms with Crippen LogP contribution in [0.5, 0.6) is 11.5 Å². The average molecular weight is 665 g/mol. The highest BCUT2D eigenvalue weighted by molar-refractivity contribution is 5.72. The van der Waals surface area contributed by atoms with E-state index in [0.29, 0.717) is 46.2 Å². The molecular weight excluding hydrogens is 619 g/mol. The number of hydrogen-bond donors (Lipinski definition) is 0. The molecule has 2 rings (SSSR count). The average Bonchev–Trinajstić information content (AvgIpc) is 3.06. The van der Waals surface area contributed by atoms with Crippen LogP contribution in [0.1, 0.15) is 57.4 Å². The first-order valence-electron chi connectivity index (χ1n) is 15.7. The Morgan fingerprint density at radius 3 is 1.50 bits per heavy atom. The van der Waals surface area contributed by atoms with Gasteiger partial charge in [-0.1, -0.05) is 51.2 Å². The molecule has 0 bridgehead atoms. The van der Waals surface area contributed by atoms with Crippen molar-refractivity contribution in [2.75, 3.05) is 72.7 Å². The Bertz CT molecular complexity index is 1090. The fraction of sp³-hybridized carbons (Fsp3) is 0.606. The van der Waals surface area contributed by atoms with Gasteiger partial charge in [0.25, 0.3) is 0 Å². The summed E-state index contributed by atoms with van der Waals surface area (Å²) in [5, 5.41) is 0. The molecule has 0 atom stereocenters. The number of esters is 1. The molecule has 0 aliphatic heterocycles. The van der Waals surface area contributed by atoms with Gasteiger partial charge >= 0.3 is 5.97 Å². The van der Waals surface area contributed by atoms with E-state index in [4.69, 9.17) is 28.4 Å². The normalized spacial score (nSPS) is 11.3. The summed E-state index contributed by atoms with van der Waals surface area (Å²) in [5.74, 6) is -13.3. The van der Waals surface area contributed by atoms with Crippen molar-refractivity contribution in [1.29, 1.82) is 0 Å². The third-order valence-corrected chi connectivity index (χ3v) is 6.56. The van der Waals surface area contributed by atoms with Crippen LogP contribution < -0.4 is 9.47 Å². The van der Waals surface area contributed by atoms with E-state index in [0.717, 1.165) is 12.2 Å². The molecule has 2 aromatic rings. The van der Waals surface area contributed by atoms with Crippen molar-refractivity contribution < 1.29 is 59.9 Å². The maximum Gasteiger partial charge on any atom is 0.313 e. The second kappa shape index (κ2) is 24.3. The van der Waals surface area contributed by atoms with Gasteiger partial charge in [-0.25, -0.2) is 13.2 Å². The van der Waals surface area contributed by atoms with E-state index < -0.39 is 47.2 Å². The van der Waals surface area contributed by atoms with Crippen LogP contribution in [0.3, 0.4) is 0 Å². The summed E-state index contributed by atoms with van der Waals surface area (Å²) in [7, 11) is 0. The summed E-state index contributed by atoms with van der Waals surface area (Å²) < 4.78 is 103. The van der Waals surface area contributed by atoms with E-state index in [-0.39, 0.29) is 26.4 Å². The van der Waals surface area contributed by atoms with Crippen LogP contribution in [-0.2, 0) is 34.9 Å². The Morgan fingerprint density at radius 1 is 0.543 bits per heavy atom. The van der Waals surface area contributed by atoms with Gasteiger partial charge in [-0.3, -0.25) is 4.79 Å². The van der Waals surface area contributed by atoms with Crippen LogP contribution in [0, 0.1) is 29.1 Å². The monoisotopic (exact) mass is 664 g/mol. The number of ether oxygens (including phenoxy) is 7. The highest BCUT2D eigenvalue weighted by atomic mass is 19.2. The molecule has 0 aromatic heterocycles. The zero-order chi connectivity index (χ0) is 33.4. The van der Waals surface area contributed by atoms with Gasteiger partial charge in [0.05, 0.1) is 72.5 Å². The first-order chi connectivity index (χ1) is 22.3. The maximum atomic E-state index is 13.5. The lowest BCUT2D eigenvalue weighted by Gasteiger charge is -2.10. The molecular formula is C33H45F5O8. The van der Waals surface area contributed by atoms with Crippen LogP contribution in [-0.4, -0.2) is 78.6 Å². The van der Waals surface area contributed by atoms with Gasteiger partial charge in [-0.2, -0.15) is 8.78 Å². The minimum Gasteiger partial charge on any atom is -0.491 e. The number of rotatable bonds is 27. The minimum absolute atomic E-state index is 0.0928. The Balaban J connectivity index is 1.33. The van der Waals surface area contributed by atoms with Gasteiger partial charge in [0.15, 0.2) is 0 Å². The molecule has 0 aliphatic rings. The van der Waals surface area contributed by atoms with Crippen molar-refractivity contribution in [3.8, 4) is 11.5 Å². The van der Waals surface area contributed by atoms with E-state index in [2.05, 4.69) is 23.8 Å². The lowest BCUT2D eigenvalue weighted by molar-refractivity contribution is -0.136. The number of aryl methyl sites for hydroxylation is 1. The highest BCUT2D eigenvalue weighted by Crippen LogP contribution is 2.29. The quantitative estimate of drug-likeness (QED) is 0.0260. The summed E-state index contributed by atoms with van der Waals surface area (Å²) in [6, 6.07) is 8.25. The van der Waals surface area contributed by atoms with Gasteiger partial charge in [-0.05, 0) is 30.5 Å². The predicted molar refractivity (Wildman–Crippen MR) is 160 cm³/mol. The maximum absolute atomic E-state index is 13.5. The number of carbonyl (C=O) groups excluding carboxylic acids is 1. The number of carbonyl (C=O) groups is 1. The van der Waals surface area contributed by atoms with Crippen molar-refractivity contribution in [1.82, 2.24) is 0 Å². The lowest BCUT2D eigenvalue weighted by Crippen LogP contribution is -2.16. The molecule has 0 N–H and O–H groups in total. The summed E-state index contributed by atoms with van der Waals surface area (Å²) in [5.41, 5.74) is 1.34. The fourth-order valence-corrected chi connectivity index (χ4v) is 4.06. The molecule has 13 heteroatoms. The molecule has 260 valence electrons. The van der Waals surface area contributed by atoms with Crippen LogP contribution in [0.4, 0.5) is 22.0 Å². The van der Waals surface area contributed by atoms with Crippen molar-refractivity contribution in [3.05, 3.63) is 58.9 Å². The molecule has 0 fully saturated rings. The third kappa shape index (κ3) is 16.1. The molecule has 0 spiro atoms. The van der Waals surface area contributed by atoms with Crippen molar-refractivity contribution in [3.63, 3.8) is 0 Å². The molecule has 0 heterocycles. The van der Waals surface area contributed by atoms with Crippen LogP contribution in [0.2, 0.25) is 0 Å². The molecule has 0 radical (unpaired) electrons. The number of unbranched alkanes of at least 4 members (excludes halogenated alkanes) is 5. The number of benzene rings is 2. The van der Waals surface area contributed by atoms with E-state index >= 15 is 0 Å². The zero-order valence-electron chi connectivity index (χ0n) is 26.4. The second-order valence-electron chi connectivity index (χ2n) is 10.2. The van der Waals surface area contributed by atoms with Crippen LogP contribution in [0.15, 0.2) is 24.3 Å². The van der Waals surface area contributed by atoms with Crippen LogP contribution >= 0.6 is 0 Å². The Morgan fingerprint density at radius 2 is 0.978 bits per heavy atom. The van der Waals surface area contributed by atoms with Gasteiger partial charge in [-0.15, -0.1) is 0 Å². The van der Waals surface area contributed by atoms with E-state index in [1.165, 1.54) is 44.1 Å². The third-order valence-electron chi connectivity index (χ3n) is 6.56. The van der Waals surface area contributed by atoms with Gasteiger partial charge in [0.1, 0.15) is 12.4 Å². The zero-order valence-corrected chi connectivity index (χ0v) is 26.4. The van der Waals surface area contributed by atoms with E-state index in [9.17, 15) is 26.7 Å². The van der Waals surface area contributed by atoms with Crippen molar-refractivity contribution in [2.24, 2.45) is 0 Å². The minimum atomic E-state index is -2.34. The Kier molecular flexibility index (Phi) is 20.8.